The normalized spacial score (nSPS) is 10.3. The van der Waals surface area contributed by atoms with Crippen LogP contribution in [0.3, 0.4) is 0 Å². The minimum atomic E-state index is 0.318. The van der Waals surface area contributed by atoms with Gasteiger partial charge in [-0.3, -0.25) is 0 Å². The van der Waals surface area contributed by atoms with E-state index in [2.05, 4.69) is 27.0 Å². The van der Waals surface area contributed by atoms with E-state index in [0.29, 0.717) is 11.0 Å². The number of nitrogens with zero attached hydrogens (tertiary/aromatic N) is 3. The van der Waals surface area contributed by atoms with Crippen LogP contribution in [0.4, 0.5) is 0 Å². The van der Waals surface area contributed by atoms with Crippen molar-refractivity contribution < 1.29 is 4.74 Å². The Morgan fingerprint density at radius 1 is 1.47 bits per heavy atom. The summed E-state index contributed by atoms with van der Waals surface area (Å²) in [6, 6.07) is 8.10. The summed E-state index contributed by atoms with van der Waals surface area (Å²) >= 11 is 3.41. The van der Waals surface area contributed by atoms with Crippen molar-refractivity contribution in [2.24, 2.45) is 7.05 Å². The van der Waals surface area contributed by atoms with Gasteiger partial charge in [0.1, 0.15) is 16.2 Å². The zero-order chi connectivity index (χ0) is 14.0. The van der Waals surface area contributed by atoms with Crippen LogP contribution in [0.15, 0.2) is 22.8 Å². The number of nitriles is 1. The lowest BCUT2D eigenvalue weighted by atomic mass is 10.1. The van der Waals surface area contributed by atoms with Gasteiger partial charge < -0.3 is 9.30 Å². The van der Waals surface area contributed by atoms with Gasteiger partial charge in [0.15, 0.2) is 0 Å². The molecule has 2 rings (SSSR count). The van der Waals surface area contributed by atoms with E-state index in [1.807, 2.05) is 36.7 Å². The first-order valence-electron chi connectivity index (χ1n) is 5.81. The highest BCUT2D eigenvalue weighted by atomic mass is 79.9. The number of aromatic nitrogens is 2. The van der Waals surface area contributed by atoms with Crippen molar-refractivity contribution in [2.75, 3.05) is 7.11 Å². The number of methoxy groups -OCH3 is 1. The molecule has 2 aromatic rings. The van der Waals surface area contributed by atoms with E-state index in [1.165, 1.54) is 0 Å². The molecule has 98 valence electrons. The summed E-state index contributed by atoms with van der Waals surface area (Å²) < 4.78 is 8.01. The first-order chi connectivity index (χ1) is 9.08. The lowest BCUT2D eigenvalue weighted by molar-refractivity contribution is 0.416. The van der Waals surface area contributed by atoms with Crippen molar-refractivity contribution >= 4 is 15.9 Å². The molecule has 0 saturated heterocycles. The molecule has 19 heavy (non-hydrogen) atoms. The lowest BCUT2D eigenvalue weighted by Gasteiger charge is -2.10. The van der Waals surface area contributed by atoms with Crippen molar-refractivity contribution in [1.82, 2.24) is 9.55 Å². The smallest absolute Gasteiger partial charge is 0.145 e. The Morgan fingerprint density at radius 2 is 2.21 bits per heavy atom. The van der Waals surface area contributed by atoms with Crippen LogP contribution in [0.2, 0.25) is 0 Å². The van der Waals surface area contributed by atoms with Gasteiger partial charge in [-0.05, 0) is 35.0 Å². The van der Waals surface area contributed by atoms with E-state index < -0.39 is 0 Å². The second-order valence-electron chi connectivity index (χ2n) is 4.27. The van der Waals surface area contributed by atoms with Crippen LogP contribution in [-0.4, -0.2) is 16.7 Å². The maximum Gasteiger partial charge on any atom is 0.145 e. The fourth-order valence-electron chi connectivity index (χ4n) is 2.00. The second-order valence-corrected chi connectivity index (χ2v) is 5.02. The molecular formula is C14H14BrN3O. The van der Waals surface area contributed by atoms with Crippen LogP contribution in [0.1, 0.15) is 11.3 Å². The fourth-order valence-corrected chi connectivity index (χ4v) is 2.58. The van der Waals surface area contributed by atoms with Crippen molar-refractivity contribution in [3.8, 4) is 23.2 Å². The molecular weight excluding hydrogens is 306 g/mol. The molecule has 0 saturated carbocycles. The van der Waals surface area contributed by atoms with Gasteiger partial charge in [0.2, 0.25) is 0 Å². The molecule has 0 N–H and O–H groups in total. The highest BCUT2D eigenvalue weighted by Crippen LogP contribution is 2.32. The molecule has 0 aliphatic rings. The predicted molar refractivity (Wildman–Crippen MR) is 77.0 cm³/mol. The lowest BCUT2D eigenvalue weighted by Crippen LogP contribution is -2.00. The number of rotatable bonds is 3. The van der Waals surface area contributed by atoms with E-state index >= 15 is 0 Å². The van der Waals surface area contributed by atoms with Gasteiger partial charge in [-0.25, -0.2) is 4.98 Å². The first-order valence-corrected chi connectivity index (χ1v) is 6.60. The Kier molecular flexibility index (Phi) is 3.91. The van der Waals surface area contributed by atoms with Crippen LogP contribution in [0.5, 0.6) is 5.75 Å². The molecule has 0 radical (unpaired) electrons. The number of hydrogen-bond donors (Lipinski definition) is 0. The van der Waals surface area contributed by atoms with Crippen LogP contribution in [-0.2, 0) is 13.5 Å². The molecule has 0 aliphatic heterocycles. The van der Waals surface area contributed by atoms with E-state index in [1.54, 1.807) is 7.11 Å². The third-order valence-corrected chi connectivity index (χ3v) is 3.64. The zero-order valence-electron chi connectivity index (χ0n) is 11.1. The van der Waals surface area contributed by atoms with Gasteiger partial charge in [0.25, 0.3) is 0 Å². The molecule has 4 nitrogen and oxygen atoms in total. The van der Waals surface area contributed by atoms with Gasteiger partial charge in [0.05, 0.1) is 30.9 Å². The van der Waals surface area contributed by atoms with Gasteiger partial charge in [-0.1, -0.05) is 11.6 Å². The van der Waals surface area contributed by atoms with E-state index in [9.17, 15) is 0 Å². The average molecular weight is 320 g/mol. The van der Waals surface area contributed by atoms with E-state index in [4.69, 9.17) is 10.00 Å². The Balaban J connectivity index is 2.63. The van der Waals surface area contributed by atoms with Crippen molar-refractivity contribution in [2.45, 2.75) is 13.3 Å². The Bertz CT molecular complexity index is 655. The molecule has 0 bridgehead atoms. The fraction of sp³-hybridized carbons (Fsp3) is 0.286. The molecule has 0 amide bonds. The van der Waals surface area contributed by atoms with Crippen molar-refractivity contribution in [3.63, 3.8) is 0 Å². The molecule has 0 atom stereocenters. The third-order valence-electron chi connectivity index (χ3n) is 3.01. The van der Waals surface area contributed by atoms with Crippen molar-refractivity contribution in [3.05, 3.63) is 34.1 Å². The zero-order valence-corrected chi connectivity index (χ0v) is 12.7. The molecule has 1 aromatic carbocycles. The molecule has 1 aromatic heterocycles. The molecule has 1 heterocycles. The highest BCUT2D eigenvalue weighted by Gasteiger charge is 2.17. The maximum absolute atomic E-state index is 8.86. The molecule has 0 unspecified atom stereocenters. The van der Waals surface area contributed by atoms with Crippen LogP contribution < -0.4 is 4.74 Å². The number of ether oxygens (including phenoxy) is 1. The molecule has 5 heteroatoms. The standard InChI is InChI=1S/C14H14BrN3O/c1-9-4-5-12(19-3)10(8-9)14-17-13(15)11(6-7-16)18(14)2/h4-5,8H,6H2,1-3H3. The summed E-state index contributed by atoms with van der Waals surface area (Å²) in [5.41, 5.74) is 2.92. The van der Waals surface area contributed by atoms with Crippen LogP contribution >= 0.6 is 15.9 Å². The number of benzene rings is 1. The molecule has 0 fully saturated rings. The highest BCUT2D eigenvalue weighted by molar-refractivity contribution is 9.10. The number of halogens is 1. The quantitative estimate of drug-likeness (QED) is 0.872. The predicted octanol–water partition coefficient (Wildman–Crippen LogP) is 3.23. The Labute approximate surface area is 120 Å². The monoisotopic (exact) mass is 319 g/mol. The summed E-state index contributed by atoms with van der Waals surface area (Å²) in [6.07, 6.45) is 0.318. The van der Waals surface area contributed by atoms with E-state index in [-0.39, 0.29) is 0 Å². The van der Waals surface area contributed by atoms with Crippen molar-refractivity contribution in [1.29, 1.82) is 5.26 Å². The number of imidazole rings is 1. The second kappa shape index (κ2) is 5.45. The Morgan fingerprint density at radius 3 is 2.84 bits per heavy atom. The summed E-state index contributed by atoms with van der Waals surface area (Å²) in [5, 5.41) is 8.86. The van der Waals surface area contributed by atoms with E-state index in [0.717, 1.165) is 28.4 Å². The van der Waals surface area contributed by atoms with Crippen LogP contribution in [0.25, 0.3) is 11.4 Å². The molecule has 0 aliphatic carbocycles. The summed E-state index contributed by atoms with van der Waals surface area (Å²) in [7, 11) is 3.55. The maximum atomic E-state index is 8.86. The summed E-state index contributed by atoms with van der Waals surface area (Å²) in [5.74, 6) is 1.56. The summed E-state index contributed by atoms with van der Waals surface area (Å²) in [6.45, 7) is 2.02. The topological polar surface area (TPSA) is 50.8 Å². The largest absolute Gasteiger partial charge is 0.496 e. The van der Waals surface area contributed by atoms with Gasteiger partial charge in [-0.15, -0.1) is 0 Å². The number of aryl methyl sites for hydroxylation is 1. The minimum absolute atomic E-state index is 0.318. The van der Waals surface area contributed by atoms with Crippen LogP contribution in [0, 0.1) is 18.3 Å². The number of hydrogen-bond acceptors (Lipinski definition) is 3. The van der Waals surface area contributed by atoms with Gasteiger partial charge >= 0.3 is 0 Å². The van der Waals surface area contributed by atoms with Gasteiger partial charge in [-0.2, -0.15) is 5.26 Å². The minimum Gasteiger partial charge on any atom is -0.496 e. The average Bonchev–Trinajstić information content (AvgIpc) is 2.67. The van der Waals surface area contributed by atoms with Gasteiger partial charge in [0, 0.05) is 7.05 Å². The molecule has 0 spiro atoms. The first kappa shape index (κ1) is 13.6. The SMILES string of the molecule is COc1ccc(C)cc1-c1nc(Br)c(CC#N)n1C. The third kappa shape index (κ3) is 2.49. The summed E-state index contributed by atoms with van der Waals surface area (Å²) in [4.78, 5) is 4.50. The Hall–Kier alpha value is -1.80.